The lowest BCUT2D eigenvalue weighted by Gasteiger charge is -2.08. The van der Waals surface area contributed by atoms with Crippen LogP contribution in [0.15, 0.2) is 40.9 Å². The molecule has 0 saturated heterocycles. The second kappa shape index (κ2) is 5.34. The molecule has 0 aliphatic rings. The number of aromatic hydroxyl groups is 1. The average molecular weight is 364 g/mol. The smallest absolute Gasteiger partial charge is 0.255 e. The van der Waals surface area contributed by atoms with Gasteiger partial charge < -0.3 is 16.2 Å². The summed E-state index contributed by atoms with van der Waals surface area (Å²) < 4.78 is 1.37. The third-order valence-corrected chi connectivity index (χ3v) is 4.39. The molecule has 0 fully saturated rings. The van der Waals surface area contributed by atoms with E-state index in [2.05, 4.69) is 26.2 Å². The molecule has 7 heteroatoms. The van der Waals surface area contributed by atoms with Crippen molar-refractivity contribution in [2.45, 2.75) is 0 Å². The zero-order valence-corrected chi connectivity index (χ0v) is 13.0. The predicted molar refractivity (Wildman–Crippen MR) is 87.8 cm³/mol. The third-order valence-electron chi connectivity index (χ3n) is 2.90. The summed E-state index contributed by atoms with van der Waals surface area (Å²) in [5, 5.41) is 13.0. The van der Waals surface area contributed by atoms with Crippen LogP contribution >= 0.6 is 27.3 Å². The number of amides is 1. The van der Waals surface area contributed by atoms with Crippen molar-refractivity contribution in [1.82, 2.24) is 4.98 Å². The molecule has 5 nitrogen and oxygen atoms in total. The maximum Gasteiger partial charge on any atom is 0.255 e. The van der Waals surface area contributed by atoms with Crippen molar-refractivity contribution in [2.24, 2.45) is 0 Å². The van der Waals surface area contributed by atoms with Gasteiger partial charge in [0.05, 0.1) is 20.4 Å². The number of nitrogen functional groups attached to an aromatic ring is 1. The largest absolute Gasteiger partial charge is 0.505 e. The van der Waals surface area contributed by atoms with E-state index in [-0.39, 0.29) is 11.7 Å². The van der Waals surface area contributed by atoms with Gasteiger partial charge in [0.25, 0.3) is 5.91 Å². The van der Waals surface area contributed by atoms with Gasteiger partial charge in [-0.3, -0.25) is 4.79 Å². The van der Waals surface area contributed by atoms with Crippen LogP contribution in [0, 0.1) is 0 Å². The Hall–Kier alpha value is -2.12. The predicted octanol–water partition coefficient (Wildman–Crippen LogP) is 3.60. The molecule has 0 saturated carbocycles. The Balaban J connectivity index is 1.91. The quantitative estimate of drug-likeness (QED) is 0.607. The Morgan fingerprint density at radius 2 is 2.14 bits per heavy atom. The number of hydrogen-bond donors (Lipinski definition) is 3. The number of fused-ring (bicyclic) bond motifs is 1. The van der Waals surface area contributed by atoms with Gasteiger partial charge in [-0.1, -0.05) is 17.4 Å². The Morgan fingerprint density at radius 3 is 2.95 bits per heavy atom. The summed E-state index contributed by atoms with van der Waals surface area (Å²) in [5.41, 5.74) is 7.23. The minimum Gasteiger partial charge on any atom is -0.505 e. The number of phenols is 1. The molecule has 0 unspecified atom stereocenters. The standard InChI is InChI=1S/C14H10BrN3O2S/c15-8-2-1-3-10(12(8)19)17-13(20)7-4-5-9-11(6-7)21-14(16)18-9/h1-6,19H,(H2,16,18)(H,17,20). The Labute approximate surface area is 132 Å². The Bertz CT molecular complexity index is 847. The van der Waals surface area contributed by atoms with Crippen molar-refractivity contribution >= 4 is 54.2 Å². The van der Waals surface area contributed by atoms with E-state index in [9.17, 15) is 9.90 Å². The zero-order chi connectivity index (χ0) is 15.0. The van der Waals surface area contributed by atoms with E-state index < -0.39 is 0 Å². The molecule has 3 aromatic rings. The molecule has 4 N–H and O–H groups in total. The molecule has 1 heterocycles. The Morgan fingerprint density at radius 1 is 1.33 bits per heavy atom. The summed E-state index contributed by atoms with van der Waals surface area (Å²) in [6.07, 6.45) is 0. The van der Waals surface area contributed by atoms with Crippen LogP contribution in [0.5, 0.6) is 5.75 Å². The van der Waals surface area contributed by atoms with E-state index >= 15 is 0 Å². The first-order chi connectivity index (χ1) is 10.0. The molecule has 0 bridgehead atoms. The SMILES string of the molecule is Nc1nc2ccc(C(=O)Nc3cccc(Br)c3O)cc2s1. The number of benzene rings is 2. The van der Waals surface area contributed by atoms with Crippen LogP contribution < -0.4 is 11.1 Å². The maximum absolute atomic E-state index is 12.2. The first kappa shape index (κ1) is 13.8. The van der Waals surface area contributed by atoms with Gasteiger partial charge in [-0.25, -0.2) is 4.98 Å². The zero-order valence-electron chi connectivity index (χ0n) is 10.6. The number of nitrogens with zero attached hydrogens (tertiary/aromatic N) is 1. The topological polar surface area (TPSA) is 88.2 Å². The summed E-state index contributed by atoms with van der Waals surface area (Å²) in [7, 11) is 0. The van der Waals surface area contributed by atoms with Crippen LogP contribution in [0.4, 0.5) is 10.8 Å². The minimum atomic E-state index is -0.308. The van der Waals surface area contributed by atoms with Crippen molar-refractivity contribution in [1.29, 1.82) is 0 Å². The van der Waals surface area contributed by atoms with Gasteiger partial charge in [-0.05, 0) is 46.3 Å². The number of nitrogens with one attached hydrogen (secondary N) is 1. The van der Waals surface area contributed by atoms with E-state index in [1.54, 1.807) is 36.4 Å². The maximum atomic E-state index is 12.2. The average Bonchev–Trinajstić information content (AvgIpc) is 2.82. The van der Waals surface area contributed by atoms with Crippen LogP contribution in [-0.2, 0) is 0 Å². The Kier molecular flexibility index (Phi) is 3.52. The van der Waals surface area contributed by atoms with Gasteiger partial charge in [-0.15, -0.1) is 0 Å². The molecule has 0 atom stereocenters. The fourth-order valence-corrected chi connectivity index (χ4v) is 3.03. The number of nitrogens with two attached hydrogens (primary N) is 1. The summed E-state index contributed by atoms with van der Waals surface area (Å²) in [4.78, 5) is 16.4. The molecule has 2 aromatic carbocycles. The lowest BCUT2D eigenvalue weighted by Crippen LogP contribution is -2.11. The molecule has 0 aliphatic carbocycles. The number of rotatable bonds is 2. The first-order valence-corrected chi connectivity index (χ1v) is 7.60. The molecule has 0 aliphatic heterocycles. The summed E-state index contributed by atoms with van der Waals surface area (Å²) in [6, 6.07) is 10.2. The van der Waals surface area contributed by atoms with Gasteiger partial charge >= 0.3 is 0 Å². The fraction of sp³-hybridized carbons (Fsp3) is 0. The highest BCUT2D eigenvalue weighted by molar-refractivity contribution is 9.10. The monoisotopic (exact) mass is 363 g/mol. The number of phenolic OH excluding ortho intramolecular Hbond substituents is 1. The summed E-state index contributed by atoms with van der Waals surface area (Å²) in [5.74, 6) is -0.314. The van der Waals surface area contributed by atoms with Crippen LogP contribution in [0.3, 0.4) is 0 Å². The molecule has 21 heavy (non-hydrogen) atoms. The van der Waals surface area contributed by atoms with E-state index in [0.29, 0.717) is 20.9 Å². The molecule has 3 rings (SSSR count). The number of carbonyl (C=O) groups is 1. The van der Waals surface area contributed by atoms with Gasteiger partial charge in [0.2, 0.25) is 0 Å². The van der Waals surface area contributed by atoms with Crippen molar-refractivity contribution < 1.29 is 9.90 Å². The van der Waals surface area contributed by atoms with Crippen molar-refractivity contribution in [3.05, 3.63) is 46.4 Å². The minimum absolute atomic E-state index is 0.00559. The highest BCUT2D eigenvalue weighted by Gasteiger charge is 2.12. The van der Waals surface area contributed by atoms with E-state index in [4.69, 9.17) is 5.73 Å². The lowest BCUT2D eigenvalue weighted by atomic mass is 10.2. The summed E-state index contributed by atoms with van der Waals surface area (Å²) in [6.45, 7) is 0. The number of hydrogen-bond acceptors (Lipinski definition) is 5. The lowest BCUT2D eigenvalue weighted by molar-refractivity contribution is 0.102. The molecule has 1 amide bonds. The van der Waals surface area contributed by atoms with Crippen LogP contribution in [0.2, 0.25) is 0 Å². The highest BCUT2D eigenvalue weighted by atomic mass is 79.9. The van der Waals surface area contributed by atoms with Crippen LogP contribution in [0.1, 0.15) is 10.4 Å². The molecular formula is C14H10BrN3O2S. The molecule has 106 valence electrons. The number of aromatic nitrogens is 1. The normalized spacial score (nSPS) is 10.7. The first-order valence-electron chi connectivity index (χ1n) is 5.99. The summed E-state index contributed by atoms with van der Waals surface area (Å²) >= 11 is 4.53. The molecule has 0 spiro atoms. The number of carbonyl (C=O) groups excluding carboxylic acids is 1. The van der Waals surface area contributed by atoms with Crippen molar-refractivity contribution in [3.8, 4) is 5.75 Å². The van der Waals surface area contributed by atoms with Gasteiger partial charge in [0.1, 0.15) is 0 Å². The second-order valence-electron chi connectivity index (χ2n) is 4.32. The number of anilines is 2. The van der Waals surface area contributed by atoms with Crippen LogP contribution in [-0.4, -0.2) is 16.0 Å². The number of thiazole rings is 1. The van der Waals surface area contributed by atoms with Crippen molar-refractivity contribution in [2.75, 3.05) is 11.1 Å². The van der Waals surface area contributed by atoms with E-state index in [1.807, 2.05) is 0 Å². The third kappa shape index (κ3) is 2.70. The highest BCUT2D eigenvalue weighted by Crippen LogP contribution is 2.32. The molecular weight excluding hydrogens is 354 g/mol. The fourth-order valence-electron chi connectivity index (χ4n) is 1.89. The van der Waals surface area contributed by atoms with Crippen molar-refractivity contribution in [3.63, 3.8) is 0 Å². The van der Waals surface area contributed by atoms with Crippen LogP contribution in [0.25, 0.3) is 10.2 Å². The number of halogens is 1. The molecule has 1 aromatic heterocycles. The van der Waals surface area contributed by atoms with Gasteiger partial charge in [-0.2, -0.15) is 0 Å². The second-order valence-corrected chi connectivity index (χ2v) is 6.24. The van der Waals surface area contributed by atoms with E-state index in [1.165, 1.54) is 11.3 Å². The van der Waals surface area contributed by atoms with Gasteiger partial charge in [0.15, 0.2) is 10.9 Å². The number of para-hydroxylation sites is 1. The van der Waals surface area contributed by atoms with Gasteiger partial charge in [0, 0.05) is 5.56 Å². The van der Waals surface area contributed by atoms with E-state index in [0.717, 1.165) is 10.2 Å². The molecule has 0 radical (unpaired) electrons.